The maximum Gasteiger partial charge on any atom is 0.284 e. The number of amides is 1. The molecule has 7 nitrogen and oxygen atoms in total. The summed E-state index contributed by atoms with van der Waals surface area (Å²) < 4.78 is 2.03. The second-order valence-electron chi connectivity index (χ2n) is 4.41. The number of nitrogens with zero attached hydrogens (tertiary/aromatic N) is 3. The molecule has 0 saturated carbocycles. The summed E-state index contributed by atoms with van der Waals surface area (Å²) in [4.78, 5) is 22.2. The normalized spacial score (nSPS) is 10.4. The molecule has 0 aliphatic rings. The van der Waals surface area contributed by atoms with Crippen LogP contribution in [0.15, 0.2) is 34.9 Å². The van der Waals surface area contributed by atoms with Crippen LogP contribution in [0.1, 0.15) is 16.1 Å². The quantitative estimate of drug-likeness (QED) is 0.658. The Kier molecular flexibility index (Phi) is 4.69. The van der Waals surface area contributed by atoms with Crippen LogP contribution >= 0.6 is 15.9 Å². The molecule has 1 N–H and O–H groups in total. The van der Waals surface area contributed by atoms with Crippen LogP contribution in [0, 0.1) is 10.1 Å². The van der Waals surface area contributed by atoms with Crippen molar-refractivity contribution >= 4 is 27.5 Å². The van der Waals surface area contributed by atoms with E-state index in [0.29, 0.717) is 17.4 Å². The molecule has 0 radical (unpaired) electrons. The number of aromatic nitrogens is 2. The van der Waals surface area contributed by atoms with Gasteiger partial charge in [0.25, 0.3) is 11.6 Å². The smallest absolute Gasteiger partial charge is 0.284 e. The van der Waals surface area contributed by atoms with E-state index in [4.69, 9.17) is 0 Å². The summed E-state index contributed by atoms with van der Waals surface area (Å²) in [7, 11) is 1.82. The summed E-state index contributed by atoms with van der Waals surface area (Å²) in [5, 5.41) is 17.7. The Morgan fingerprint density at radius 1 is 1.48 bits per heavy atom. The van der Waals surface area contributed by atoms with Gasteiger partial charge in [-0.15, -0.1) is 0 Å². The Bertz CT molecular complexity index is 684. The van der Waals surface area contributed by atoms with E-state index < -0.39 is 4.92 Å². The van der Waals surface area contributed by atoms with Crippen LogP contribution in [0.5, 0.6) is 0 Å². The SMILES string of the molecule is Cn1ccc(CCNC(=O)c2ccc(Br)c([N+](=O)[O-])c2)n1. The molecule has 0 saturated heterocycles. The Balaban J connectivity index is 1.97. The van der Waals surface area contributed by atoms with Gasteiger partial charge in [-0.3, -0.25) is 19.6 Å². The van der Waals surface area contributed by atoms with Gasteiger partial charge in [0, 0.05) is 37.8 Å². The Morgan fingerprint density at radius 2 is 2.24 bits per heavy atom. The van der Waals surface area contributed by atoms with Gasteiger partial charge in [-0.1, -0.05) is 0 Å². The van der Waals surface area contributed by atoms with Gasteiger partial charge >= 0.3 is 0 Å². The van der Waals surface area contributed by atoms with Gasteiger partial charge in [-0.05, 0) is 34.1 Å². The lowest BCUT2D eigenvalue weighted by molar-refractivity contribution is -0.385. The summed E-state index contributed by atoms with van der Waals surface area (Å²) in [6, 6.07) is 6.15. The molecule has 0 atom stereocenters. The molecule has 0 unspecified atom stereocenters. The van der Waals surface area contributed by atoms with E-state index in [0.717, 1.165) is 5.69 Å². The molecule has 0 aliphatic heterocycles. The van der Waals surface area contributed by atoms with Crippen molar-refractivity contribution in [3.63, 3.8) is 0 Å². The highest BCUT2D eigenvalue weighted by Crippen LogP contribution is 2.25. The lowest BCUT2D eigenvalue weighted by Gasteiger charge is -2.04. The van der Waals surface area contributed by atoms with E-state index in [1.54, 1.807) is 4.68 Å². The highest BCUT2D eigenvalue weighted by atomic mass is 79.9. The lowest BCUT2D eigenvalue weighted by Crippen LogP contribution is -2.25. The molecule has 2 aromatic rings. The Labute approximate surface area is 129 Å². The van der Waals surface area contributed by atoms with Crippen molar-refractivity contribution in [2.45, 2.75) is 6.42 Å². The first-order valence-corrected chi connectivity index (χ1v) is 6.97. The number of hydrogen-bond donors (Lipinski definition) is 1. The number of carbonyl (C=O) groups excluding carboxylic acids is 1. The molecule has 1 aromatic carbocycles. The van der Waals surface area contributed by atoms with Gasteiger partial charge in [0.05, 0.1) is 15.1 Å². The minimum absolute atomic E-state index is 0.132. The van der Waals surface area contributed by atoms with Crippen LogP contribution in [0.3, 0.4) is 0 Å². The van der Waals surface area contributed by atoms with Gasteiger partial charge in [-0.2, -0.15) is 5.10 Å². The number of halogens is 1. The van der Waals surface area contributed by atoms with Gasteiger partial charge in [0.1, 0.15) is 0 Å². The average molecular weight is 353 g/mol. The van der Waals surface area contributed by atoms with E-state index in [9.17, 15) is 14.9 Å². The van der Waals surface area contributed by atoms with Gasteiger partial charge < -0.3 is 5.32 Å². The van der Waals surface area contributed by atoms with Crippen molar-refractivity contribution in [1.29, 1.82) is 0 Å². The van der Waals surface area contributed by atoms with Crippen molar-refractivity contribution in [2.75, 3.05) is 6.54 Å². The Hall–Kier alpha value is -2.22. The number of hydrogen-bond acceptors (Lipinski definition) is 4. The number of nitro groups is 1. The summed E-state index contributed by atoms with van der Waals surface area (Å²) in [6.07, 6.45) is 2.43. The topological polar surface area (TPSA) is 90.1 Å². The number of aryl methyl sites for hydroxylation is 1. The maximum atomic E-state index is 12.0. The molecular formula is C13H13BrN4O3. The third-order valence-corrected chi connectivity index (χ3v) is 3.51. The van der Waals surface area contributed by atoms with E-state index in [1.165, 1.54) is 18.2 Å². The average Bonchev–Trinajstić information content (AvgIpc) is 2.84. The molecule has 2 rings (SSSR count). The third-order valence-electron chi connectivity index (χ3n) is 2.84. The standard InChI is InChI=1S/C13H13BrN4O3/c1-17-7-5-10(16-17)4-6-15-13(19)9-2-3-11(14)12(8-9)18(20)21/h2-3,5,7-8H,4,6H2,1H3,(H,15,19). The Morgan fingerprint density at radius 3 is 2.86 bits per heavy atom. The number of nitro benzene ring substituents is 1. The second-order valence-corrected chi connectivity index (χ2v) is 5.26. The first kappa shape index (κ1) is 15.2. The number of nitrogens with one attached hydrogen (secondary N) is 1. The number of benzene rings is 1. The first-order chi connectivity index (χ1) is 9.97. The van der Waals surface area contributed by atoms with Crippen molar-refractivity contribution in [2.24, 2.45) is 7.05 Å². The maximum absolute atomic E-state index is 12.0. The van der Waals surface area contributed by atoms with Crippen LogP contribution in [0.2, 0.25) is 0 Å². The molecule has 0 bridgehead atoms. The van der Waals surface area contributed by atoms with Crippen LogP contribution in [-0.4, -0.2) is 27.2 Å². The lowest BCUT2D eigenvalue weighted by atomic mass is 10.2. The zero-order chi connectivity index (χ0) is 15.4. The largest absolute Gasteiger partial charge is 0.352 e. The molecule has 0 spiro atoms. The summed E-state index contributed by atoms with van der Waals surface area (Å²) in [6.45, 7) is 0.416. The van der Waals surface area contributed by atoms with Gasteiger partial charge in [0.2, 0.25) is 0 Å². The molecule has 21 heavy (non-hydrogen) atoms. The fourth-order valence-corrected chi connectivity index (χ4v) is 2.19. The van der Waals surface area contributed by atoms with Crippen LogP contribution < -0.4 is 5.32 Å². The third kappa shape index (κ3) is 3.88. The predicted octanol–water partition coefficient (Wildman–Crippen LogP) is 2.06. The minimum Gasteiger partial charge on any atom is -0.352 e. The highest BCUT2D eigenvalue weighted by molar-refractivity contribution is 9.10. The molecule has 8 heteroatoms. The second kappa shape index (κ2) is 6.49. The van der Waals surface area contributed by atoms with Crippen molar-refractivity contribution < 1.29 is 9.72 Å². The zero-order valence-electron chi connectivity index (χ0n) is 11.2. The van der Waals surface area contributed by atoms with Crippen molar-refractivity contribution in [3.05, 3.63) is 56.3 Å². The van der Waals surface area contributed by atoms with E-state index in [1.807, 2.05) is 19.3 Å². The number of rotatable bonds is 5. The van der Waals surface area contributed by atoms with Crippen LogP contribution in [0.4, 0.5) is 5.69 Å². The predicted molar refractivity (Wildman–Crippen MR) is 80.0 cm³/mol. The molecule has 0 aliphatic carbocycles. The molecule has 1 amide bonds. The van der Waals surface area contributed by atoms with Gasteiger partial charge in [0.15, 0.2) is 0 Å². The van der Waals surface area contributed by atoms with Crippen LogP contribution in [-0.2, 0) is 13.5 Å². The summed E-state index contributed by atoms with van der Waals surface area (Å²) >= 11 is 3.08. The first-order valence-electron chi connectivity index (χ1n) is 6.18. The zero-order valence-corrected chi connectivity index (χ0v) is 12.8. The minimum atomic E-state index is -0.533. The fraction of sp³-hybridized carbons (Fsp3) is 0.231. The molecular weight excluding hydrogens is 340 g/mol. The highest BCUT2D eigenvalue weighted by Gasteiger charge is 2.15. The van der Waals surface area contributed by atoms with Crippen molar-refractivity contribution in [3.8, 4) is 0 Å². The van der Waals surface area contributed by atoms with Crippen molar-refractivity contribution in [1.82, 2.24) is 15.1 Å². The monoisotopic (exact) mass is 352 g/mol. The molecule has 1 aromatic heterocycles. The van der Waals surface area contributed by atoms with E-state index in [2.05, 4.69) is 26.3 Å². The van der Waals surface area contributed by atoms with E-state index >= 15 is 0 Å². The molecule has 0 fully saturated rings. The van der Waals surface area contributed by atoms with Gasteiger partial charge in [-0.25, -0.2) is 0 Å². The van der Waals surface area contributed by atoms with E-state index in [-0.39, 0.29) is 17.2 Å². The molecule has 110 valence electrons. The number of carbonyl (C=O) groups is 1. The van der Waals surface area contributed by atoms with Crippen LogP contribution in [0.25, 0.3) is 0 Å². The fourth-order valence-electron chi connectivity index (χ4n) is 1.80. The summed E-state index contributed by atoms with van der Waals surface area (Å²) in [5.41, 5.74) is 0.998. The molecule has 1 heterocycles. The summed E-state index contributed by atoms with van der Waals surface area (Å²) in [5.74, 6) is -0.346.